The summed E-state index contributed by atoms with van der Waals surface area (Å²) in [7, 11) is 0. The normalized spacial score (nSPS) is 17.0. The van der Waals surface area contributed by atoms with Crippen molar-refractivity contribution in [2.45, 2.75) is 65.0 Å². The second kappa shape index (κ2) is 10.5. The summed E-state index contributed by atoms with van der Waals surface area (Å²) in [6, 6.07) is 16.7. The Kier molecular flexibility index (Phi) is 7.96. The molecule has 0 saturated carbocycles. The van der Waals surface area contributed by atoms with Crippen LogP contribution in [0.5, 0.6) is 0 Å². The second-order valence-electron chi connectivity index (χ2n) is 10.5. The number of hydrogen-bond acceptors (Lipinski definition) is 3. The van der Waals surface area contributed by atoms with E-state index in [1.807, 2.05) is 73.3 Å². The summed E-state index contributed by atoms with van der Waals surface area (Å²) in [6.45, 7) is 11.5. The molecule has 1 saturated heterocycles. The minimum Gasteiger partial charge on any atom is -0.388 e. The minimum atomic E-state index is -0.574. The van der Waals surface area contributed by atoms with Crippen molar-refractivity contribution in [2.24, 2.45) is 11.8 Å². The summed E-state index contributed by atoms with van der Waals surface area (Å²) in [4.78, 5) is 28.0. The van der Waals surface area contributed by atoms with Crippen molar-refractivity contribution >= 4 is 11.8 Å². The molecule has 0 aromatic heterocycles. The summed E-state index contributed by atoms with van der Waals surface area (Å²) in [5.41, 5.74) is 2.67. The summed E-state index contributed by atoms with van der Waals surface area (Å²) in [6.07, 6.45) is 0.976. The van der Waals surface area contributed by atoms with Crippen molar-refractivity contribution in [1.82, 2.24) is 10.2 Å². The molecule has 2 unspecified atom stereocenters. The van der Waals surface area contributed by atoms with Crippen LogP contribution in [0.2, 0.25) is 0 Å². The lowest BCUT2D eigenvalue weighted by Gasteiger charge is -2.37. The topological polar surface area (TPSA) is 69.6 Å². The number of amides is 2. The van der Waals surface area contributed by atoms with Gasteiger partial charge in [0, 0.05) is 18.7 Å². The number of carbonyl (C=O) groups excluding carboxylic acids is 2. The van der Waals surface area contributed by atoms with Gasteiger partial charge in [0.15, 0.2) is 0 Å². The van der Waals surface area contributed by atoms with E-state index in [9.17, 15) is 14.7 Å². The van der Waals surface area contributed by atoms with Crippen LogP contribution in [0.1, 0.15) is 75.0 Å². The van der Waals surface area contributed by atoms with E-state index >= 15 is 0 Å². The van der Waals surface area contributed by atoms with Gasteiger partial charge in [0.2, 0.25) is 5.91 Å². The van der Waals surface area contributed by atoms with E-state index in [1.54, 1.807) is 0 Å². The molecule has 0 aliphatic carbocycles. The van der Waals surface area contributed by atoms with E-state index in [4.69, 9.17) is 0 Å². The van der Waals surface area contributed by atoms with Crippen LogP contribution in [0.25, 0.3) is 0 Å². The lowest BCUT2D eigenvalue weighted by molar-refractivity contribution is -0.136. The molecular weight excluding hydrogens is 412 g/mol. The van der Waals surface area contributed by atoms with E-state index in [2.05, 4.69) is 26.1 Å². The molecule has 2 atom stereocenters. The van der Waals surface area contributed by atoms with Crippen molar-refractivity contribution in [3.63, 3.8) is 0 Å². The lowest BCUT2D eigenvalue weighted by Crippen LogP contribution is -2.53. The average Bonchev–Trinajstić information content (AvgIpc) is 2.81. The number of aliphatic hydroxyl groups excluding tert-OH is 1. The van der Waals surface area contributed by atoms with Crippen LogP contribution in [-0.2, 0) is 10.2 Å². The molecule has 5 nitrogen and oxygen atoms in total. The van der Waals surface area contributed by atoms with Gasteiger partial charge in [0.25, 0.3) is 5.91 Å². The maximum atomic E-state index is 13.3. The first-order valence-electron chi connectivity index (χ1n) is 12.0. The van der Waals surface area contributed by atoms with Crippen molar-refractivity contribution in [3.05, 3.63) is 71.3 Å². The predicted octanol–water partition coefficient (Wildman–Crippen LogP) is 4.71. The number of piperidine rings is 1. The Labute approximate surface area is 198 Å². The fourth-order valence-electron chi connectivity index (χ4n) is 4.41. The highest BCUT2D eigenvalue weighted by atomic mass is 16.3. The van der Waals surface area contributed by atoms with E-state index in [1.165, 1.54) is 0 Å². The molecule has 2 aromatic carbocycles. The molecule has 2 N–H and O–H groups in total. The van der Waals surface area contributed by atoms with Crippen molar-refractivity contribution in [3.8, 4) is 0 Å². The average molecular weight is 451 g/mol. The number of carbonyl (C=O) groups is 2. The lowest BCUT2D eigenvalue weighted by atomic mass is 9.86. The number of likely N-dealkylation sites (tertiary alicyclic amines) is 1. The fraction of sp³-hybridized carbons (Fsp3) is 0.500. The third kappa shape index (κ3) is 6.23. The zero-order chi connectivity index (χ0) is 24.2. The molecule has 3 rings (SSSR count). The van der Waals surface area contributed by atoms with Crippen LogP contribution in [0.4, 0.5) is 0 Å². The molecule has 0 spiro atoms. The van der Waals surface area contributed by atoms with Gasteiger partial charge >= 0.3 is 0 Å². The zero-order valence-corrected chi connectivity index (χ0v) is 20.5. The Bertz CT molecular complexity index is 924. The van der Waals surface area contributed by atoms with Gasteiger partial charge in [0.05, 0.1) is 6.10 Å². The Morgan fingerprint density at radius 3 is 2.06 bits per heavy atom. The van der Waals surface area contributed by atoms with Gasteiger partial charge in [-0.2, -0.15) is 0 Å². The molecule has 1 fully saturated rings. The smallest absolute Gasteiger partial charge is 0.251 e. The molecule has 0 bridgehead atoms. The molecule has 1 heterocycles. The van der Waals surface area contributed by atoms with Gasteiger partial charge in [-0.1, -0.05) is 77.1 Å². The van der Waals surface area contributed by atoms with Gasteiger partial charge < -0.3 is 15.3 Å². The van der Waals surface area contributed by atoms with Crippen LogP contribution in [0.15, 0.2) is 54.6 Å². The van der Waals surface area contributed by atoms with Crippen LogP contribution < -0.4 is 5.32 Å². The fourth-order valence-corrected chi connectivity index (χ4v) is 4.41. The first-order valence-corrected chi connectivity index (χ1v) is 12.0. The number of nitrogens with one attached hydrogen (secondary N) is 1. The van der Waals surface area contributed by atoms with Crippen molar-refractivity contribution in [1.29, 1.82) is 0 Å². The number of nitrogens with zero attached hydrogens (tertiary/aromatic N) is 1. The molecule has 5 heteroatoms. The van der Waals surface area contributed by atoms with Crippen LogP contribution in [0.3, 0.4) is 0 Å². The summed E-state index contributed by atoms with van der Waals surface area (Å²) >= 11 is 0. The van der Waals surface area contributed by atoms with Gasteiger partial charge in [-0.3, -0.25) is 9.59 Å². The molecule has 33 heavy (non-hydrogen) atoms. The molecular formula is C28H38N2O3. The van der Waals surface area contributed by atoms with Gasteiger partial charge in [-0.15, -0.1) is 0 Å². The van der Waals surface area contributed by atoms with E-state index in [-0.39, 0.29) is 29.1 Å². The van der Waals surface area contributed by atoms with E-state index in [0.29, 0.717) is 18.7 Å². The zero-order valence-electron chi connectivity index (χ0n) is 20.5. The Morgan fingerprint density at radius 2 is 1.55 bits per heavy atom. The summed E-state index contributed by atoms with van der Waals surface area (Å²) in [5.74, 6) is -0.165. The maximum absolute atomic E-state index is 13.3. The highest BCUT2D eigenvalue weighted by molar-refractivity contribution is 5.97. The molecule has 0 radical (unpaired) electrons. The monoisotopic (exact) mass is 450 g/mol. The highest BCUT2D eigenvalue weighted by Gasteiger charge is 2.33. The van der Waals surface area contributed by atoms with Gasteiger partial charge in [-0.05, 0) is 53.4 Å². The SMILES string of the molecule is CC(C)C(NC(=O)c1ccc(C(C)(C)C)cc1)C(=O)N1CCC(C(O)c2ccccc2)CC1. The molecule has 2 aromatic rings. The highest BCUT2D eigenvalue weighted by Crippen LogP contribution is 2.31. The standard InChI is InChI=1S/C28H38N2O3/c1-19(2)24(29-26(32)22-11-13-23(14-12-22)28(3,4)5)27(33)30-17-15-21(16-18-30)25(31)20-9-7-6-8-10-20/h6-14,19,21,24-25,31H,15-18H2,1-5H3,(H,29,32). The Balaban J connectivity index is 1.61. The quantitative estimate of drug-likeness (QED) is 0.670. The Morgan fingerprint density at radius 1 is 0.970 bits per heavy atom. The first-order chi connectivity index (χ1) is 15.6. The second-order valence-corrected chi connectivity index (χ2v) is 10.5. The number of benzene rings is 2. The molecule has 178 valence electrons. The van der Waals surface area contributed by atoms with Crippen LogP contribution in [0, 0.1) is 11.8 Å². The summed E-state index contributed by atoms with van der Waals surface area (Å²) in [5, 5.41) is 13.7. The minimum absolute atomic E-state index is 0.0195. The largest absolute Gasteiger partial charge is 0.388 e. The number of aliphatic hydroxyl groups is 1. The Hall–Kier alpha value is -2.66. The summed E-state index contributed by atoms with van der Waals surface area (Å²) < 4.78 is 0. The van der Waals surface area contributed by atoms with E-state index in [0.717, 1.165) is 24.0 Å². The number of rotatable bonds is 6. The van der Waals surface area contributed by atoms with Crippen molar-refractivity contribution in [2.75, 3.05) is 13.1 Å². The van der Waals surface area contributed by atoms with Gasteiger partial charge in [-0.25, -0.2) is 0 Å². The van der Waals surface area contributed by atoms with Crippen LogP contribution >= 0.6 is 0 Å². The number of hydrogen-bond donors (Lipinski definition) is 2. The first kappa shape index (κ1) is 25.0. The van der Waals surface area contributed by atoms with E-state index < -0.39 is 12.1 Å². The molecule has 2 amide bonds. The molecule has 1 aliphatic rings. The molecule has 1 aliphatic heterocycles. The maximum Gasteiger partial charge on any atom is 0.251 e. The van der Waals surface area contributed by atoms with Crippen molar-refractivity contribution < 1.29 is 14.7 Å². The predicted molar refractivity (Wildman–Crippen MR) is 132 cm³/mol. The third-order valence-corrected chi connectivity index (χ3v) is 6.67. The third-order valence-electron chi connectivity index (χ3n) is 6.67. The van der Waals surface area contributed by atoms with Gasteiger partial charge in [0.1, 0.15) is 6.04 Å². The van der Waals surface area contributed by atoms with Crippen LogP contribution in [-0.4, -0.2) is 41.0 Å².